The van der Waals surface area contributed by atoms with E-state index in [9.17, 15) is 8.42 Å². The molecule has 1 saturated heterocycles. The maximum Gasteiger partial charge on any atom is 0.281 e. The average molecular weight is 379 g/mol. The van der Waals surface area contributed by atoms with Crippen LogP contribution in [-0.4, -0.2) is 64.0 Å². The summed E-state index contributed by atoms with van der Waals surface area (Å²) in [5.41, 5.74) is 4.73. The fourth-order valence-electron chi connectivity index (χ4n) is 3.43. The van der Waals surface area contributed by atoms with E-state index in [1.54, 1.807) is 30.8 Å². The summed E-state index contributed by atoms with van der Waals surface area (Å²) < 4.78 is 29.1. The van der Waals surface area contributed by atoms with Gasteiger partial charge in [-0.25, -0.2) is 0 Å². The molecule has 0 unspecified atom stereocenters. The summed E-state index contributed by atoms with van der Waals surface area (Å²) in [4.78, 5) is 9.12. The van der Waals surface area contributed by atoms with E-state index in [1.807, 2.05) is 25.6 Å². The van der Waals surface area contributed by atoms with E-state index in [4.69, 9.17) is 0 Å². The zero-order valence-corrected chi connectivity index (χ0v) is 16.8. The van der Waals surface area contributed by atoms with Gasteiger partial charge in [-0.15, -0.1) is 0 Å². The number of aryl methyl sites for hydroxylation is 2. The van der Waals surface area contributed by atoms with E-state index < -0.39 is 10.2 Å². The molecule has 0 radical (unpaired) electrons. The third-order valence-electron chi connectivity index (χ3n) is 5.00. The molecule has 8 nitrogen and oxygen atoms in total. The van der Waals surface area contributed by atoms with Crippen molar-refractivity contribution in [2.24, 2.45) is 13.0 Å². The topological polar surface area (TPSA) is 84.2 Å². The van der Waals surface area contributed by atoms with Gasteiger partial charge in [-0.3, -0.25) is 14.6 Å². The summed E-state index contributed by atoms with van der Waals surface area (Å²) in [6.45, 7) is 5.08. The van der Waals surface area contributed by atoms with Gasteiger partial charge in [-0.05, 0) is 32.6 Å². The minimum atomic E-state index is -3.33. The Labute approximate surface area is 155 Å². The second-order valence-corrected chi connectivity index (χ2v) is 9.21. The van der Waals surface area contributed by atoms with Crippen LogP contribution in [0, 0.1) is 19.8 Å². The lowest BCUT2D eigenvalue weighted by molar-refractivity contribution is 0.409. The Kier molecular flexibility index (Phi) is 5.14. The first-order chi connectivity index (χ1) is 12.2. The lowest BCUT2D eigenvalue weighted by atomic mass is 10.0. The zero-order valence-electron chi connectivity index (χ0n) is 16.0. The zero-order chi connectivity index (χ0) is 19.1. The first-order valence-corrected chi connectivity index (χ1v) is 10.1. The van der Waals surface area contributed by atoms with E-state index in [1.165, 1.54) is 4.31 Å². The Balaban J connectivity index is 1.69. The Bertz CT molecular complexity index is 889. The highest BCUT2D eigenvalue weighted by Gasteiger charge is 2.32. The summed E-state index contributed by atoms with van der Waals surface area (Å²) >= 11 is 0. The minimum absolute atomic E-state index is 0.270. The van der Waals surface area contributed by atoms with Gasteiger partial charge in [0.25, 0.3) is 10.2 Å². The predicted octanol–water partition coefficient (Wildman–Crippen LogP) is 1.16. The van der Waals surface area contributed by atoms with Crippen molar-refractivity contribution in [2.45, 2.75) is 26.7 Å². The molecule has 1 atom stereocenters. The summed E-state index contributed by atoms with van der Waals surface area (Å²) in [6.07, 6.45) is 5.16. The molecule has 1 aliphatic rings. The molecule has 26 heavy (non-hydrogen) atoms. The van der Waals surface area contributed by atoms with Crippen LogP contribution in [-0.2, 0) is 23.7 Å². The Morgan fingerprint density at radius 2 is 1.96 bits per heavy atom. The van der Waals surface area contributed by atoms with Crippen molar-refractivity contribution in [2.75, 3.05) is 27.2 Å². The van der Waals surface area contributed by atoms with Crippen molar-refractivity contribution in [3.63, 3.8) is 0 Å². The molecule has 1 aliphatic heterocycles. The first kappa shape index (κ1) is 18.9. The van der Waals surface area contributed by atoms with Gasteiger partial charge in [-0.2, -0.15) is 22.1 Å². The molecule has 0 bridgehead atoms. The maximum absolute atomic E-state index is 12.2. The number of aromatic nitrogens is 4. The summed E-state index contributed by atoms with van der Waals surface area (Å²) in [5, 5.41) is 4.42. The van der Waals surface area contributed by atoms with Crippen LogP contribution in [0.5, 0.6) is 0 Å². The van der Waals surface area contributed by atoms with E-state index in [-0.39, 0.29) is 5.92 Å². The van der Waals surface area contributed by atoms with Crippen molar-refractivity contribution < 1.29 is 8.42 Å². The third-order valence-corrected chi connectivity index (χ3v) is 6.91. The Morgan fingerprint density at radius 1 is 1.23 bits per heavy atom. The van der Waals surface area contributed by atoms with Gasteiger partial charge in [0.1, 0.15) is 0 Å². The lowest BCUT2D eigenvalue weighted by Crippen LogP contribution is -2.38. The summed E-state index contributed by atoms with van der Waals surface area (Å²) in [6, 6.07) is 0. The SMILES string of the molecule is Cc1nn(C)c(C)c1-c1cnc(C[C@H]2CCN(S(=O)(=O)N(C)C)C2)cn1. The van der Waals surface area contributed by atoms with Crippen molar-refractivity contribution in [3.8, 4) is 11.3 Å². The van der Waals surface area contributed by atoms with Crippen LogP contribution < -0.4 is 0 Å². The van der Waals surface area contributed by atoms with E-state index in [0.29, 0.717) is 13.1 Å². The molecule has 9 heteroatoms. The van der Waals surface area contributed by atoms with Gasteiger partial charge in [0.15, 0.2) is 0 Å². The van der Waals surface area contributed by atoms with Crippen LogP contribution in [0.4, 0.5) is 0 Å². The van der Waals surface area contributed by atoms with Gasteiger partial charge in [0.2, 0.25) is 0 Å². The van der Waals surface area contributed by atoms with Crippen LogP contribution in [0.15, 0.2) is 12.4 Å². The fourth-order valence-corrected chi connectivity index (χ4v) is 4.63. The van der Waals surface area contributed by atoms with Crippen molar-refractivity contribution in [1.29, 1.82) is 0 Å². The van der Waals surface area contributed by atoms with Gasteiger partial charge in [-0.1, -0.05) is 0 Å². The normalized spacial score (nSPS) is 18.8. The molecule has 2 aromatic rings. The van der Waals surface area contributed by atoms with Crippen molar-refractivity contribution in [1.82, 2.24) is 28.4 Å². The van der Waals surface area contributed by atoms with Crippen LogP contribution >= 0.6 is 0 Å². The van der Waals surface area contributed by atoms with Gasteiger partial charge >= 0.3 is 0 Å². The van der Waals surface area contributed by atoms with E-state index >= 15 is 0 Å². The minimum Gasteiger partial charge on any atom is -0.272 e. The molecule has 3 heterocycles. The predicted molar refractivity (Wildman–Crippen MR) is 99.7 cm³/mol. The summed E-state index contributed by atoms with van der Waals surface area (Å²) in [5.74, 6) is 0.270. The Morgan fingerprint density at radius 3 is 2.50 bits per heavy atom. The number of hydrogen-bond acceptors (Lipinski definition) is 5. The molecule has 3 rings (SSSR count). The number of hydrogen-bond donors (Lipinski definition) is 0. The number of nitrogens with zero attached hydrogens (tertiary/aromatic N) is 6. The highest BCUT2D eigenvalue weighted by molar-refractivity contribution is 7.86. The molecular weight excluding hydrogens is 352 g/mol. The highest BCUT2D eigenvalue weighted by Crippen LogP contribution is 2.26. The molecule has 1 fully saturated rings. The van der Waals surface area contributed by atoms with Gasteiger partial charge in [0, 0.05) is 51.7 Å². The second-order valence-electron chi connectivity index (χ2n) is 7.07. The molecule has 0 aliphatic carbocycles. The third kappa shape index (κ3) is 3.51. The van der Waals surface area contributed by atoms with Crippen molar-refractivity contribution in [3.05, 3.63) is 29.5 Å². The molecule has 2 aromatic heterocycles. The first-order valence-electron chi connectivity index (χ1n) is 8.69. The Hall–Kier alpha value is -1.84. The average Bonchev–Trinajstić information content (AvgIpc) is 3.14. The van der Waals surface area contributed by atoms with Gasteiger partial charge in [0.05, 0.1) is 23.3 Å². The molecule has 0 saturated carbocycles. The molecule has 0 amide bonds. The van der Waals surface area contributed by atoms with Crippen LogP contribution in [0.25, 0.3) is 11.3 Å². The lowest BCUT2D eigenvalue weighted by Gasteiger charge is -2.20. The summed E-state index contributed by atoms with van der Waals surface area (Å²) in [7, 11) is 1.72. The van der Waals surface area contributed by atoms with Gasteiger partial charge < -0.3 is 0 Å². The second kappa shape index (κ2) is 7.05. The van der Waals surface area contributed by atoms with E-state index in [0.717, 1.165) is 41.2 Å². The molecule has 142 valence electrons. The highest BCUT2D eigenvalue weighted by atomic mass is 32.2. The quantitative estimate of drug-likeness (QED) is 0.780. The standard InChI is InChI=1S/C17H26N6O2S/c1-12-17(13(2)22(5)20-12)16-10-18-15(9-19-16)8-14-6-7-23(11-14)26(24,25)21(3)4/h9-10,14H,6-8,11H2,1-5H3/t14-/m1/s1. The van der Waals surface area contributed by atoms with Crippen molar-refractivity contribution >= 4 is 10.2 Å². The fraction of sp³-hybridized carbons (Fsp3) is 0.588. The van der Waals surface area contributed by atoms with Crippen LogP contribution in [0.1, 0.15) is 23.5 Å². The number of rotatable bonds is 5. The van der Waals surface area contributed by atoms with E-state index in [2.05, 4.69) is 15.1 Å². The monoisotopic (exact) mass is 378 g/mol. The smallest absolute Gasteiger partial charge is 0.272 e. The maximum atomic E-state index is 12.2. The molecule has 0 spiro atoms. The van der Waals surface area contributed by atoms with Crippen LogP contribution in [0.3, 0.4) is 0 Å². The largest absolute Gasteiger partial charge is 0.281 e. The molecule has 0 N–H and O–H groups in total. The van der Waals surface area contributed by atoms with Crippen LogP contribution in [0.2, 0.25) is 0 Å². The molecule has 0 aromatic carbocycles. The molecular formula is C17H26N6O2S.